The quantitative estimate of drug-likeness (QED) is 0.532. The Labute approximate surface area is 121 Å². The van der Waals surface area contributed by atoms with Crippen LogP contribution in [0.2, 0.25) is 5.15 Å². The minimum Gasteiger partial charge on any atom is -0.437 e. The molecule has 0 fully saturated rings. The minimum atomic E-state index is -4.49. The molecule has 0 spiro atoms. The third kappa shape index (κ3) is 3.82. The lowest BCUT2D eigenvalue weighted by Gasteiger charge is -2.10. The summed E-state index contributed by atoms with van der Waals surface area (Å²) in [6.45, 7) is 0. The van der Waals surface area contributed by atoms with Crippen LogP contribution in [0.15, 0.2) is 35.5 Å². The molecule has 0 saturated carbocycles. The molecule has 0 atom stereocenters. The molecule has 1 aromatic heterocycles. The molecule has 110 valence electrons. The second-order valence-corrected chi connectivity index (χ2v) is 4.19. The Morgan fingerprint density at radius 2 is 2.00 bits per heavy atom. The van der Waals surface area contributed by atoms with Crippen LogP contribution in [0.25, 0.3) is 0 Å². The average Bonchev–Trinajstić information content (AvgIpc) is 2.42. The molecule has 1 heterocycles. The number of nitrogens with zero attached hydrogens (tertiary/aromatic N) is 3. The van der Waals surface area contributed by atoms with Crippen molar-refractivity contribution in [2.45, 2.75) is 6.18 Å². The molecular weight excluding hydrogens is 311 g/mol. The summed E-state index contributed by atoms with van der Waals surface area (Å²) in [6.07, 6.45) is -3.51. The van der Waals surface area contributed by atoms with Gasteiger partial charge in [0, 0.05) is 0 Å². The number of hydrogen-bond acceptors (Lipinski definition) is 5. The molecule has 2 aromatic rings. The van der Waals surface area contributed by atoms with Gasteiger partial charge in [-0.15, -0.1) is 10.2 Å². The van der Waals surface area contributed by atoms with Crippen molar-refractivity contribution in [3.8, 4) is 11.6 Å². The number of aromatic nitrogens is 2. The first kappa shape index (κ1) is 15.0. The maximum atomic E-state index is 12.6. The molecule has 2 rings (SSSR count). The monoisotopic (exact) mass is 317 g/mol. The highest BCUT2D eigenvalue weighted by Gasteiger charge is 2.30. The molecule has 0 aliphatic heterocycles. The van der Waals surface area contributed by atoms with Gasteiger partial charge in [-0.05, 0) is 24.3 Å². The summed E-state index contributed by atoms with van der Waals surface area (Å²) in [6, 6.07) is 5.54. The van der Waals surface area contributed by atoms with Gasteiger partial charge in [0.15, 0.2) is 5.15 Å². The smallest absolute Gasteiger partial charge is 0.416 e. The van der Waals surface area contributed by atoms with Gasteiger partial charge in [0.2, 0.25) is 5.88 Å². The Kier molecular flexibility index (Phi) is 4.27. The first-order valence-electron chi connectivity index (χ1n) is 5.46. The van der Waals surface area contributed by atoms with E-state index in [0.29, 0.717) is 0 Å². The topological polar surface area (TPSA) is 67.6 Å². The molecule has 0 saturated heterocycles. The standard InChI is InChI=1S/C12H7ClF3N3O2/c13-10-4-7(6-17-20)11(19-18-10)21-9-3-1-2-8(5-9)12(14,15)16/h1-6,20H. The van der Waals surface area contributed by atoms with E-state index in [1.807, 2.05) is 0 Å². The molecule has 1 aromatic carbocycles. The van der Waals surface area contributed by atoms with Crippen molar-refractivity contribution in [2.75, 3.05) is 0 Å². The molecule has 0 aliphatic carbocycles. The van der Waals surface area contributed by atoms with Crippen LogP contribution in [0, 0.1) is 0 Å². The minimum absolute atomic E-state index is 0.0151. The fourth-order valence-corrected chi connectivity index (χ4v) is 1.61. The van der Waals surface area contributed by atoms with Crippen LogP contribution >= 0.6 is 11.6 Å². The summed E-state index contributed by atoms with van der Waals surface area (Å²) in [5, 5.41) is 18.4. The molecule has 0 radical (unpaired) electrons. The van der Waals surface area contributed by atoms with Gasteiger partial charge < -0.3 is 9.94 Å². The number of alkyl halides is 3. The van der Waals surface area contributed by atoms with Crippen molar-refractivity contribution in [3.63, 3.8) is 0 Å². The number of hydrogen-bond donors (Lipinski definition) is 1. The number of ether oxygens (including phenoxy) is 1. The van der Waals surface area contributed by atoms with Crippen molar-refractivity contribution < 1.29 is 23.1 Å². The maximum absolute atomic E-state index is 12.6. The van der Waals surface area contributed by atoms with E-state index in [-0.39, 0.29) is 22.3 Å². The van der Waals surface area contributed by atoms with E-state index in [9.17, 15) is 13.2 Å². The van der Waals surface area contributed by atoms with Gasteiger partial charge in [-0.3, -0.25) is 0 Å². The molecular formula is C12H7ClF3N3O2. The van der Waals surface area contributed by atoms with Crippen molar-refractivity contribution in [1.29, 1.82) is 0 Å². The summed E-state index contributed by atoms with van der Waals surface area (Å²) >= 11 is 5.62. The predicted molar refractivity (Wildman–Crippen MR) is 67.9 cm³/mol. The van der Waals surface area contributed by atoms with E-state index in [2.05, 4.69) is 15.4 Å². The lowest BCUT2D eigenvalue weighted by molar-refractivity contribution is -0.137. The van der Waals surface area contributed by atoms with E-state index in [4.69, 9.17) is 21.5 Å². The van der Waals surface area contributed by atoms with Crippen LogP contribution in [-0.4, -0.2) is 21.6 Å². The van der Waals surface area contributed by atoms with Crippen LogP contribution in [0.5, 0.6) is 11.6 Å². The number of benzene rings is 1. The van der Waals surface area contributed by atoms with Crippen molar-refractivity contribution in [2.24, 2.45) is 5.16 Å². The van der Waals surface area contributed by atoms with Crippen molar-refractivity contribution >= 4 is 17.8 Å². The number of rotatable bonds is 3. The molecule has 5 nitrogen and oxygen atoms in total. The fraction of sp³-hybridized carbons (Fsp3) is 0.0833. The Bertz CT molecular complexity index is 677. The number of halogens is 4. The van der Waals surface area contributed by atoms with Crippen LogP contribution in [0.3, 0.4) is 0 Å². The van der Waals surface area contributed by atoms with E-state index in [1.165, 1.54) is 18.2 Å². The summed E-state index contributed by atoms with van der Waals surface area (Å²) in [5.41, 5.74) is -0.700. The van der Waals surface area contributed by atoms with Gasteiger partial charge in [0.1, 0.15) is 5.75 Å². The van der Waals surface area contributed by atoms with Gasteiger partial charge in [0.05, 0.1) is 17.3 Å². The first-order chi connectivity index (χ1) is 9.90. The molecule has 9 heteroatoms. The first-order valence-corrected chi connectivity index (χ1v) is 5.83. The summed E-state index contributed by atoms with van der Waals surface area (Å²) in [7, 11) is 0. The normalized spacial score (nSPS) is 11.8. The van der Waals surface area contributed by atoms with E-state index in [0.717, 1.165) is 18.3 Å². The predicted octanol–water partition coefficient (Wildman–Crippen LogP) is 3.75. The molecule has 0 bridgehead atoms. The van der Waals surface area contributed by atoms with Gasteiger partial charge in [-0.1, -0.05) is 22.8 Å². The van der Waals surface area contributed by atoms with E-state index in [1.54, 1.807) is 0 Å². The summed E-state index contributed by atoms with van der Waals surface area (Å²) in [5.74, 6) is -0.231. The highest BCUT2D eigenvalue weighted by molar-refractivity contribution is 6.29. The average molecular weight is 318 g/mol. The molecule has 21 heavy (non-hydrogen) atoms. The van der Waals surface area contributed by atoms with Crippen LogP contribution in [0.1, 0.15) is 11.1 Å². The molecule has 0 unspecified atom stereocenters. The summed E-state index contributed by atoms with van der Waals surface area (Å²) in [4.78, 5) is 0. The van der Waals surface area contributed by atoms with Gasteiger partial charge in [0.25, 0.3) is 0 Å². The lowest BCUT2D eigenvalue weighted by atomic mass is 10.2. The van der Waals surface area contributed by atoms with Crippen molar-refractivity contribution in [1.82, 2.24) is 10.2 Å². The second kappa shape index (κ2) is 5.96. The highest BCUT2D eigenvalue weighted by atomic mass is 35.5. The van der Waals surface area contributed by atoms with E-state index >= 15 is 0 Å². The zero-order chi connectivity index (χ0) is 15.5. The SMILES string of the molecule is ON=Cc1cc(Cl)nnc1Oc1cccc(C(F)(F)F)c1. The second-order valence-electron chi connectivity index (χ2n) is 3.80. The van der Waals surface area contributed by atoms with Crippen molar-refractivity contribution in [3.05, 3.63) is 46.6 Å². The fourth-order valence-electron chi connectivity index (χ4n) is 1.45. The summed E-state index contributed by atoms with van der Waals surface area (Å²) < 4.78 is 43.0. The van der Waals surface area contributed by atoms with Crippen LogP contribution in [0.4, 0.5) is 13.2 Å². The Morgan fingerprint density at radius 3 is 2.67 bits per heavy atom. The molecule has 0 amide bonds. The van der Waals surface area contributed by atoms with E-state index < -0.39 is 11.7 Å². The van der Waals surface area contributed by atoms with Crippen LogP contribution < -0.4 is 4.74 Å². The lowest BCUT2D eigenvalue weighted by Crippen LogP contribution is -2.05. The van der Waals surface area contributed by atoms with Gasteiger partial charge in [-0.2, -0.15) is 13.2 Å². The molecule has 1 N–H and O–H groups in total. The third-order valence-electron chi connectivity index (χ3n) is 2.33. The zero-order valence-electron chi connectivity index (χ0n) is 10.2. The molecule has 0 aliphatic rings. The third-order valence-corrected chi connectivity index (χ3v) is 2.52. The maximum Gasteiger partial charge on any atom is 0.416 e. The zero-order valence-corrected chi connectivity index (χ0v) is 10.9. The van der Waals surface area contributed by atoms with Gasteiger partial charge in [-0.25, -0.2) is 0 Å². The van der Waals surface area contributed by atoms with Crippen LogP contribution in [-0.2, 0) is 6.18 Å². The number of oxime groups is 1. The Balaban J connectivity index is 2.34. The Morgan fingerprint density at radius 1 is 1.24 bits per heavy atom. The largest absolute Gasteiger partial charge is 0.437 e. The Hall–Kier alpha value is -2.35. The highest BCUT2D eigenvalue weighted by Crippen LogP contribution is 2.32. The van der Waals surface area contributed by atoms with Gasteiger partial charge >= 0.3 is 6.18 Å².